The molecule has 5 rings (SSSR count). The topological polar surface area (TPSA) is 130 Å². The van der Waals surface area contributed by atoms with Gasteiger partial charge in [-0.25, -0.2) is 4.79 Å². The van der Waals surface area contributed by atoms with E-state index in [1.54, 1.807) is 4.90 Å². The Morgan fingerprint density at radius 1 is 0.927 bits per heavy atom. The lowest BCUT2D eigenvalue weighted by Crippen LogP contribution is -2.53. The fourth-order valence-electron chi connectivity index (χ4n) is 5.95. The number of aliphatic carboxylic acids is 1. The quantitative estimate of drug-likeness (QED) is 0.320. The molecule has 4 aromatic rings. The molecule has 0 saturated carbocycles. The Balaban J connectivity index is 1.39. The highest BCUT2D eigenvalue weighted by Gasteiger charge is 2.43. The SMILES string of the molecule is Cc1oc2c(C)c3oc(=O)c(CC(=O)N4CCC(C(=O)NCCC(=O)O)(c5ccccc5)CC4)c(C)c3cc2c1C. The minimum absolute atomic E-state index is 0.0338. The predicted octanol–water partition coefficient (Wildman–Crippen LogP) is 4.47. The Morgan fingerprint density at radius 3 is 2.22 bits per heavy atom. The van der Waals surface area contributed by atoms with Gasteiger partial charge in [-0.2, -0.15) is 0 Å². The van der Waals surface area contributed by atoms with Gasteiger partial charge >= 0.3 is 11.6 Å². The number of rotatable bonds is 7. The van der Waals surface area contributed by atoms with Crippen LogP contribution in [0.2, 0.25) is 0 Å². The molecule has 0 radical (unpaired) electrons. The van der Waals surface area contributed by atoms with Gasteiger partial charge in [-0.15, -0.1) is 0 Å². The molecule has 2 N–H and O–H groups in total. The Labute approximate surface area is 237 Å². The highest BCUT2D eigenvalue weighted by Crippen LogP contribution is 2.37. The Bertz CT molecular complexity index is 1720. The summed E-state index contributed by atoms with van der Waals surface area (Å²) in [6.07, 6.45) is 0.486. The van der Waals surface area contributed by atoms with Gasteiger partial charge in [0.1, 0.15) is 16.9 Å². The van der Waals surface area contributed by atoms with Crippen molar-refractivity contribution >= 4 is 39.7 Å². The zero-order valence-corrected chi connectivity index (χ0v) is 23.8. The summed E-state index contributed by atoms with van der Waals surface area (Å²) in [7, 11) is 0. The third-order valence-electron chi connectivity index (χ3n) is 8.63. The molecule has 0 atom stereocenters. The second kappa shape index (κ2) is 10.9. The van der Waals surface area contributed by atoms with Crippen molar-refractivity contribution in [3.63, 3.8) is 0 Å². The number of carboxylic acid groups (broad SMARTS) is 1. The van der Waals surface area contributed by atoms with Crippen molar-refractivity contribution < 1.29 is 28.3 Å². The van der Waals surface area contributed by atoms with Gasteiger partial charge in [0.05, 0.1) is 23.8 Å². The molecule has 2 aromatic heterocycles. The van der Waals surface area contributed by atoms with Crippen LogP contribution in [-0.2, 0) is 26.2 Å². The van der Waals surface area contributed by atoms with Crippen molar-refractivity contribution in [2.75, 3.05) is 19.6 Å². The number of carbonyl (C=O) groups excluding carboxylic acids is 2. The van der Waals surface area contributed by atoms with Crippen LogP contribution in [0, 0.1) is 27.7 Å². The number of carboxylic acids is 1. The van der Waals surface area contributed by atoms with Crippen LogP contribution in [0.1, 0.15) is 52.8 Å². The number of nitrogens with zero attached hydrogens (tertiary/aromatic N) is 1. The van der Waals surface area contributed by atoms with E-state index < -0.39 is 17.0 Å². The first kappa shape index (κ1) is 28.1. The van der Waals surface area contributed by atoms with Gasteiger partial charge in [0, 0.05) is 36.0 Å². The number of amides is 2. The van der Waals surface area contributed by atoms with Crippen molar-refractivity contribution in [1.29, 1.82) is 0 Å². The maximum Gasteiger partial charge on any atom is 0.340 e. The lowest BCUT2D eigenvalue weighted by molar-refractivity contribution is -0.138. The molecule has 0 spiro atoms. The van der Waals surface area contributed by atoms with Gasteiger partial charge in [0.25, 0.3) is 0 Å². The number of fused-ring (bicyclic) bond motifs is 2. The molecule has 1 aliphatic rings. The van der Waals surface area contributed by atoms with E-state index in [-0.39, 0.29) is 31.2 Å². The average molecular weight is 559 g/mol. The van der Waals surface area contributed by atoms with Crippen LogP contribution in [0.25, 0.3) is 21.9 Å². The third kappa shape index (κ3) is 5.01. The molecule has 0 aliphatic carbocycles. The minimum atomic E-state index is -0.984. The number of carbonyl (C=O) groups is 3. The van der Waals surface area contributed by atoms with E-state index in [9.17, 15) is 19.2 Å². The summed E-state index contributed by atoms with van der Waals surface area (Å²) in [5, 5.41) is 13.5. The molecular weight excluding hydrogens is 524 g/mol. The van der Waals surface area contributed by atoms with E-state index in [0.717, 1.165) is 33.2 Å². The maximum atomic E-state index is 13.5. The van der Waals surface area contributed by atoms with Crippen molar-refractivity contribution in [2.45, 2.75) is 58.8 Å². The van der Waals surface area contributed by atoms with Crippen LogP contribution in [-0.4, -0.2) is 47.4 Å². The largest absolute Gasteiger partial charge is 0.481 e. The average Bonchev–Trinajstić information content (AvgIpc) is 3.25. The zero-order valence-electron chi connectivity index (χ0n) is 23.8. The molecular formula is C32H34N2O7. The molecule has 9 nitrogen and oxygen atoms in total. The lowest BCUT2D eigenvalue weighted by atomic mass is 9.72. The van der Waals surface area contributed by atoms with Crippen LogP contribution in [0.15, 0.2) is 50.0 Å². The second-order valence-electron chi connectivity index (χ2n) is 10.9. The summed E-state index contributed by atoms with van der Waals surface area (Å²) in [6.45, 7) is 8.28. The lowest BCUT2D eigenvalue weighted by Gasteiger charge is -2.41. The first-order chi connectivity index (χ1) is 19.5. The summed E-state index contributed by atoms with van der Waals surface area (Å²) in [4.78, 5) is 52.6. The molecule has 2 amide bonds. The van der Waals surface area contributed by atoms with E-state index in [2.05, 4.69) is 5.32 Å². The van der Waals surface area contributed by atoms with E-state index in [1.165, 1.54) is 0 Å². The number of hydrogen-bond donors (Lipinski definition) is 2. The van der Waals surface area contributed by atoms with Gasteiger partial charge < -0.3 is 24.2 Å². The third-order valence-corrected chi connectivity index (χ3v) is 8.63. The number of likely N-dealkylation sites (tertiary alicyclic amines) is 1. The van der Waals surface area contributed by atoms with Crippen molar-refractivity contribution in [2.24, 2.45) is 0 Å². The van der Waals surface area contributed by atoms with Gasteiger partial charge in [-0.3, -0.25) is 14.4 Å². The Morgan fingerprint density at radius 2 is 1.56 bits per heavy atom. The van der Waals surface area contributed by atoms with Crippen LogP contribution >= 0.6 is 0 Å². The van der Waals surface area contributed by atoms with Crippen molar-refractivity contribution in [3.05, 3.63) is 80.4 Å². The van der Waals surface area contributed by atoms with Gasteiger partial charge in [0.2, 0.25) is 11.8 Å². The maximum absolute atomic E-state index is 13.5. The fourth-order valence-corrected chi connectivity index (χ4v) is 5.95. The van der Waals surface area contributed by atoms with E-state index in [4.69, 9.17) is 13.9 Å². The first-order valence-corrected chi connectivity index (χ1v) is 13.8. The number of nitrogens with one attached hydrogen (secondary N) is 1. The molecule has 1 saturated heterocycles. The Kier molecular flexibility index (Phi) is 7.46. The van der Waals surface area contributed by atoms with Crippen LogP contribution < -0.4 is 10.9 Å². The molecule has 0 bridgehead atoms. The van der Waals surface area contributed by atoms with Crippen molar-refractivity contribution in [1.82, 2.24) is 10.2 Å². The molecule has 1 fully saturated rings. The first-order valence-electron chi connectivity index (χ1n) is 13.8. The molecule has 3 heterocycles. The number of benzene rings is 2. The summed E-state index contributed by atoms with van der Waals surface area (Å²) in [5.74, 6) is -0.626. The number of hydrogen-bond acceptors (Lipinski definition) is 6. The van der Waals surface area contributed by atoms with Crippen molar-refractivity contribution in [3.8, 4) is 0 Å². The smallest absolute Gasteiger partial charge is 0.340 e. The molecule has 2 aromatic carbocycles. The Hall–Kier alpha value is -4.40. The van der Waals surface area contributed by atoms with Gasteiger partial charge in [0.15, 0.2) is 0 Å². The summed E-state index contributed by atoms with van der Waals surface area (Å²) < 4.78 is 11.7. The molecule has 0 unspecified atom stereocenters. The monoisotopic (exact) mass is 558 g/mol. The number of furan rings is 1. The highest BCUT2D eigenvalue weighted by molar-refractivity contribution is 6.00. The number of piperidine rings is 1. The van der Waals surface area contributed by atoms with Crippen LogP contribution in [0.4, 0.5) is 0 Å². The van der Waals surface area contributed by atoms with E-state index in [1.807, 2.05) is 64.1 Å². The van der Waals surface area contributed by atoms with Gasteiger partial charge in [-0.05, 0) is 63.3 Å². The fraction of sp³-hybridized carbons (Fsp3) is 0.375. The standard InChI is InChI=1S/C32H34N2O7/c1-18-21(4)40-28-20(3)29-24(16-23(18)28)19(2)25(30(38)41-29)17-26(35)34-14-11-32(12-15-34,22-8-6-5-7-9-22)31(39)33-13-10-27(36)37/h5-9,16H,10-15,17H2,1-4H3,(H,33,39)(H,36,37). The summed E-state index contributed by atoms with van der Waals surface area (Å²) in [6, 6.07) is 11.3. The molecule has 9 heteroatoms. The second-order valence-corrected chi connectivity index (χ2v) is 10.9. The highest BCUT2D eigenvalue weighted by atomic mass is 16.4. The molecule has 41 heavy (non-hydrogen) atoms. The minimum Gasteiger partial charge on any atom is -0.481 e. The predicted molar refractivity (Wildman–Crippen MR) is 154 cm³/mol. The van der Waals surface area contributed by atoms with Crippen LogP contribution in [0.5, 0.6) is 0 Å². The molecule has 1 aliphatic heterocycles. The normalized spacial score (nSPS) is 14.9. The van der Waals surface area contributed by atoms with E-state index >= 15 is 0 Å². The summed E-state index contributed by atoms with van der Waals surface area (Å²) >= 11 is 0. The van der Waals surface area contributed by atoms with E-state index in [0.29, 0.717) is 48.2 Å². The number of aryl methyl sites for hydroxylation is 4. The molecule has 214 valence electrons. The zero-order chi connectivity index (χ0) is 29.5. The van der Waals surface area contributed by atoms with Crippen LogP contribution in [0.3, 0.4) is 0 Å². The summed E-state index contributed by atoms with van der Waals surface area (Å²) in [5.41, 5.74) is 3.38. The van der Waals surface area contributed by atoms with Gasteiger partial charge in [-0.1, -0.05) is 30.3 Å².